The Bertz CT molecular complexity index is 1080. The number of carbonyl (C=O) groups is 2. The number of piperazine rings is 1. The zero-order valence-electron chi connectivity index (χ0n) is 18.2. The third-order valence-corrected chi connectivity index (χ3v) is 5.56. The SMILES string of the molecule is Cc1ccccc1OCC(=O)Nc1ccccc1N1CCN(C(=O)c2ccccc2)CC1. The maximum atomic E-state index is 12.7. The molecule has 0 spiro atoms. The molecule has 4 rings (SSSR count). The number of aryl methyl sites for hydroxylation is 1. The van der Waals surface area contributed by atoms with E-state index in [4.69, 9.17) is 4.74 Å². The van der Waals surface area contributed by atoms with Crippen molar-refractivity contribution >= 4 is 23.2 Å². The fourth-order valence-corrected chi connectivity index (χ4v) is 3.82. The Kier molecular flexibility index (Phi) is 6.70. The van der Waals surface area contributed by atoms with Gasteiger partial charge in [-0.25, -0.2) is 0 Å². The first-order valence-corrected chi connectivity index (χ1v) is 10.8. The fraction of sp³-hybridized carbons (Fsp3) is 0.231. The molecule has 3 aromatic carbocycles. The minimum Gasteiger partial charge on any atom is -0.483 e. The average Bonchev–Trinajstić information content (AvgIpc) is 2.84. The van der Waals surface area contributed by atoms with E-state index in [-0.39, 0.29) is 18.4 Å². The quantitative estimate of drug-likeness (QED) is 0.644. The molecule has 164 valence electrons. The van der Waals surface area contributed by atoms with Crippen LogP contribution in [0.25, 0.3) is 0 Å². The second-order valence-electron chi connectivity index (χ2n) is 7.76. The van der Waals surface area contributed by atoms with Crippen LogP contribution in [-0.4, -0.2) is 49.5 Å². The number of anilines is 2. The lowest BCUT2D eigenvalue weighted by atomic mass is 10.1. The number of hydrogen-bond acceptors (Lipinski definition) is 4. The maximum absolute atomic E-state index is 12.7. The van der Waals surface area contributed by atoms with Crippen molar-refractivity contribution in [3.63, 3.8) is 0 Å². The van der Waals surface area contributed by atoms with Gasteiger partial charge in [-0.15, -0.1) is 0 Å². The van der Waals surface area contributed by atoms with E-state index < -0.39 is 0 Å². The largest absolute Gasteiger partial charge is 0.483 e. The second kappa shape index (κ2) is 10.0. The van der Waals surface area contributed by atoms with Crippen LogP contribution in [-0.2, 0) is 4.79 Å². The monoisotopic (exact) mass is 429 g/mol. The van der Waals surface area contributed by atoms with Gasteiger partial charge >= 0.3 is 0 Å². The Balaban J connectivity index is 1.36. The minimum absolute atomic E-state index is 0.0557. The summed E-state index contributed by atoms with van der Waals surface area (Å²) in [6.07, 6.45) is 0. The minimum atomic E-state index is -0.210. The molecule has 1 heterocycles. The van der Waals surface area contributed by atoms with Crippen molar-refractivity contribution < 1.29 is 14.3 Å². The molecule has 0 atom stereocenters. The number of nitrogens with zero attached hydrogens (tertiary/aromatic N) is 2. The summed E-state index contributed by atoms with van der Waals surface area (Å²) in [4.78, 5) is 29.3. The van der Waals surface area contributed by atoms with E-state index >= 15 is 0 Å². The fourth-order valence-electron chi connectivity index (χ4n) is 3.82. The van der Waals surface area contributed by atoms with E-state index in [2.05, 4.69) is 10.2 Å². The maximum Gasteiger partial charge on any atom is 0.262 e. The molecule has 6 heteroatoms. The van der Waals surface area contributed by atoms with Gasteiger partial charge in [-0.2, -0.15) is 0 Å². The molecule has 6 nitrogen and oxygen atoms in total. The van der Waals surface area contributed by atoms with Gasteiger partial charge in [0, 0.05) is 31.7 Å². The number of ether oxygens (including phenoxy) is 1. The van der Waals surface area contributed by atoms with E-state index in [1.54, 1.807) is 0 Å². The highest BCUT2D eigenvalue weighted by Crippen LogP contribution is 2.27. The third kappa shape index (κ3) is 5.09. The van der Waals surface area contributed by atoms with Gasteiger partial charge in [0.1, 0.15) is 5.75 Å². The molecule has 0 aliphatic carbocycles. The van der Waals surface area contributed by atoms with Crippen molar-refractivity contribution in [1.82, 2.24) is 4.90 Å². The van der Waals surface area contributed by atoms with Crippen LogP contribution < -0.4 is 15.0 Å². The number of hydrogen-bond donors (Lipinski definition) is 1. The van der Waals surface area contributed by atoms with Crippen LogP contribution >= 0.6 is 0 Å². The van der Waals surface area contributed by atoms with Crippen LogP contribution in [0.4, 0.5) is 11.4 Å². The highest BCUT2D eigenvalue weighted by Gasteiger charge is 2.23. The summed E-state index contributed by atoms with van der Waals surface area (Å²) in [5.41, 5.74) is 3.39. The van der Waals surface area contributed by atoms with Crippen molar-refractivity contribution in [3.8, 4) is 5.75 Å². The lowest BCUT2D eigenvalue weighted by Crippen LogP contribution is -2.49. The van der Waals surface area contributed by atoms with Crippen LogP contribution in [0.2, 0.25) is 0 Å². The molecule has 0 unspecified atom stereocenters. The number of nitrogens with one attached hydrogen (secondary N) is 1. The number of amides is 2. The van der Waals surface area contributed by atoms with E-state index in [1.165, 1.54) is 0 Å². The summed E-state index contributed by atoms with van der Waals surface area (Å²) in [6.45, 7) is 4.55. The molecule has 3 aromatic rings. The van der Waals surface area contributed by atoms with E-state index in [0.29, 0.717) is 37.5 Å². The Morgan fingerprint density at radius 1 is 0.844 bits per heavy atom. The van der Waals surface area contributed by atoms with Crippen LogP contribution in [0.15, 0.2) is 78.9 Å². The number of rotatable bonds is 6. The standard InChI is InChI=1S/C26H27N3O3/c1-20-9-5-8-14-24(20)32-19-25(30)27-22-12-6-7-13-23(22)28-15-17-29(18-16-28)26(31)21-10-3-2-4-11-21/h2-14H,15-19H2,1H3,(H,27,30). The second-order valence-corrected chi connectivity index (χ2v) is 7.76. The molecule has 0 bridgehead atoms. The molecule has 32 heavy (non-hydrogen) atoms. The smallest absolute Gasteiger partial charge is 0.262 e. The van der Waals surface area contributed by atoms with Crippen molar-refractivity contribution in [2.75, 3.05) is 43.0 Å². The van der Waals surface area contributed by atoms with E-state index in [9.17, 15) is 9.59 Å². The number of para-hydroxylation sites is 3. The molecule has 0 aromatic heterocycles. The highest BCUT2D eigenvalue weighted by atomic mass is 16.5. The predicted octanol–water partition coefficient (Wildman–Crippen LogP) is 3.97. The lowest BCUT2D eigenvalue weighted by molar-refractivity contribution is -0.118. The molecule has 1 aliphatic rings. The molecule has 1 saturated heterocycles. The van der Waals surface area contributed by atoms with Crippen LogP contribution in [0.1, 0.15) is 15.9 Å². The van der Waals surface area contributed by atoms with Gasteiger partial charge in [-0.05, 0) is 42.8 Å². The Morgan fingerprint density at radius 2 is 1.50 bits per heavy atom. The van der Waals surface area contributed by atoms with Gasteiger partial charge in [-0.3, -0.25) is 9.59 Å². The van der Waals surface area contributed by atoms with Crippen LogP contribution in [0, 0.1) is 6.92 Å². The third-order valence-electron chi connectivity index (χ3n) is 5.56. The number of benzene rings is 3. The number of carbonyl (C=O) groups excluding carboxylic acids is 2. The van der Waals surface area contributed by atoms with E-state index in [0.717, 1.165) is 16.9 Å². The Morgan fingerprint density at radius 3 is 2.25 bits per heavy atom. The predicted molar refractivity (Wildman–Crippen MR) is 126 cm³/mol. The molecular formula is C26H27N3O3. The molecule has 1 aliphatic heterocycles. The van der Waals surface area contributed by atoms with E-state index in [1.807, 2.05) is 90.7 Å². The van der Waals surface area contributed by atoms with Crippen molar-refractivity contribution in [2.45, 2.75) is 6.92 Å². The first-order valence-electron chi connectivity index (χ1n) is 10.8. The van der Waals surface area contributed by atoms with Gasteiger partial charge in [-0.1, -0.05) is 48.5 Å². The Labute approximate surface area is 188 Å². The first kappa shape index (κ1) is 21.4. The normalized spacial score (nSPS) is 13.5. The molecule has 0 saturated carbocycles. The first-order chi connectivity index (χ1) is 15.6. The molecular weight excluding hydrogens is 402 g/mol. The van der Waals surface area contributed by atoms with Crippen molar-refractivity contribution in [2.24, 2.45) is 0 Å². The summed E-state index contributed by atoms with van der Waals surface area (Å²) in [6, 6.07) is 24.7. The van der Waals surface area contributed by atoms with Gasteiger partial charge in [0.2, 0.25) is 0 Å². The van der Waals surface area contributed by atoms with Gasteiger partial charge < -0.3 is 19.9 Å². The van der Waals surface area contributed by atoms with Crippen LogP contribution in [0.5, 0.6) is 5.75 Å². The molecule has 1 fully saturated rings. The van der Waals surface area contributed by atoms with Gasteiger partial charge in [0.15, 0.2) is 6.61 Å². The zero-order valence-corrected chi connectivity index (χ0v) is 18.2. The summed E-state index contributed by atoms with van der Waals surface area (Å²) in [5, 5.41) is 2.97. The summed E-state index contributed by atoms with van der Waals surface area (Å²) in [7, 11) is 0. The summed E-state index contributed by atoms with van der Waals surface area (Å²) >= 11 is 0. The summed E-state index contributed by atoms with van der Waals surface area (Å²) in [5.74, 6) is 0.550. The molecule has 1 N–H and O–H groups in total. The highest BCUT2D eigenvalue weighted by molar-refractivity contribution is 5.96. The lowest BCUT2D eigenvalue weighted by Gasteiger charge is -2.37. The van der Waals surface area contributed by atoms with Gasteiger partial charge in [0.25, 0.3) is 11.8 Å². The van der Waals surface area contributed by atoms with Gasteiger partial charge in [0.05, 0.1) is 11.4 Å². The van der Waals surface area contributed by atoms with Crippen LogP contribution in [0.3, 0.4) is 0 Å². The Hall–Kier alpha value is -3.80. The average molecular weight is 430 g/mol. The molecule has 0 radical (unpaired) electrons. The van der Waals surface area contributed by atoms with Crippen molar-refractivity contribution in [1.29, 1.82) is 0 Å². The van der Waals surface area contributed by atoms with Crippen molar-refractivity contribution in [3.05, 3.63) is 90.0 Å². The topological polar surface area (TPSA) is 61.9 Å². The molecule has 2 amide bonds. The summed E-state index contributed by atoms with van der Waals surface area (Å²) < 4.78 is 5.67. The zero-order chi connectivity index (χ0) is 22.3.